The number of carbonyl (C=O) groups is 1. The number of amides is 1. The predicted molar refractivity (Wildman–Crippen MR) is 87.4 cm³/mol. The Morgan fingerprint density at radius 3 is 2.55 bits per heavy atom. The maximum Gasteiger partial charge on any atom is 0.238 e. The normalized spacial score (nSPS) is 18.3. The van der Waals surface area contributed by atoms with Crippen LogP contribution in [0.15, 0.2) is 29.2 Å². The summed E-state index contributed by atoms with van der Waals surface area (Å²) in [5, 5.41) is 11.2. The minimum atomic E-state index is -3.64. The Labute approximate surface area is 137 Å². The number of hydrogen-bond acceptors (Lipinski definition) is 4. The lowest BCUT2D eigenvalue weighted by Crippen LogP contribution is -2.41. The van der Waals surface area contributed by atoms with E-state index in [1.54, 1.807) is 12.1 Å². The number of primary sulfonamides is 1. The summed E-state index contributed by atoms with van der Waals surface area (Å²) in [5.74, 6) is 0.145. The van der Waals surface area contributed by atoms with E-state index < -0.39 is 10.0 Å². The first kappa shape index (κ1) is 18.9. The third-order valence-electron chi connectivity index (χ3n) is 3.63. The standard InChI is InChI=1S/C14H21N3O3S.ClH/c15-21(19,20)13-5-3-11(4-6-13)7-9-17-14(18)12-2-1-8-16-10-12;/h3-6,12,16H,1-2,7-10H2,(H,17,18)(H2,15,19,20);1H. The van der Waals surface area contributed by atoms with E-state index in [1.807, 2.05) is 0 Å². The molecule has 0 saturated carbocycles. The van der Waals surface area contributed by atoms with Crippen molar-refractivity contribution in [2.24, 2.45) is 11.1 Å². The van der Waals surface area contributed by atoms with Gasteiger partial charge in [0, 0.05) is 13.1 Å². The molecule has 0 spiro atoms. The quantitative estimate of drug-likeness (QED) is 0.718. The molecule has 0 aliphatic carbocycles. The van der Waals surface area contributed by atoms with Crippen LogP contribution in [0.25, 0.3) is 0 Å². The predicted octanol–water partition coefficient (Wildman–Crippen LogP) is 0.414. The van der Waals surface area contributed by atoms with Crippen LogP contribution in [0.2, 0.25) is 0 Å². The van der Waals surface area contributed by atoms with Gasteiger partial charge in [0.15, 0.2) is 0 Å². The molecule has 1 fully saturated rings. The molecule has 0 aromatic heterocycles. The lowest BCUT2D eigenvalue weighted by molar-refractivity contribution is -0.125. The van der Waals surface area contributed by atoms with Crippen molar-refractivity contribution in [3.05, 3.63) is 29.8 Å². The Kier molecular flexibility index (Phi) is 7.28. The molecule has 22 heavy (non-hydrogen) atoms. The number of benzene rings is 1. The van der Waals surface area contributed by atoms with Gasteiger partial charge < -0.3 is 10.6 Å². The maximum atomic E-state index is 11.9. The van der Waals surface area contributed by atoms with Gasteiger partial charge in [0.25, 0.3) is 0 Å². The van der Waals surface area contributed by atoms with Gasteiger partial charge in [0.2, 0.25) is 15.9 Å². The molecule has 1 aromatic rings. The van der Waals surface area contributed by atoms with Gasteiger partial charge >= 0.3 is 0 Å². The Morgan fingerprint density at radius 2 is 2.00 bits per heavy atom. The van der Waals surface area contributed by atoms with Crippen molar-refractivity contribution in [3.63, 3.8) is 0 Å². The van der Waals surface area contributed by atoms with Crippen molar-refractivity contribution in [2.75, 3.05) is 19.6 Å². The van der Waals surface area contributed by atoms with Gasteiger partial charge in [-0.2, -0.15) is 0 Å². The monoisotopic (exact) mass is 347 g/mol. The molecular weight excluding hydrogens is 326 g/mol. The van der Waals surface area contributed by atoms with Gasteiger partial charge in [0.05, 0.1) is 10.8 Å². The molecular formula is C14H22ClN3O3S. The first-order valence-electron chi connectivity index (χ1n) is 7.07. The fourth-order valence-corrected chi connectivity index (χ4v) is 2.91. The highest BCUT2D eigenvalue weighted by Gasteiger charge is 2.20. The average Bonchev–Trinajstić information content (AvgIpc) is 2.47. The fourth-order valence-electron chi connectivity index (χ4n) is 2.40. The minimum Gasteiger partial charge on any atom is -0.355 e. The van der Waals surface area contributed by atoms with Crippen LogP contribution < -0.4 is 15.8 Å². The number of piperidine rings is 1. The molecule has 1 aliphatic rings. The largest absolute Gasteiger partial charge is 0.355 e. The third-order valence-corrected chi connectivity index (χ3v) is 4.56. The summed E-state index contributed by atoms with van der Waals surface area (Å²) in [6.45, 7) is 2.28. The van der Waals surface area contributed by atoms with Crippen LogP contribution in [0.3, 0.4) is 0 Å². The molecule has 4 N–H and O–H groups in total. The van der Waals surface area contributed by atoms with Crippen LogP contribution in [0, 0.1) is 5.92 Å². The van der Waals surface area contributed by atoms with Gasteiger partial charge in [0.1, 0.15) is 0 Å². The van der Waals surface area contributed by atoms with Crippen LogP contribution in [0.5, 0.6) is 0 Å². The molecule has 0 bridgehead atoms. The van der Waals surface area contributed by atoms with Gasteiger partial charge in [-0.25, -0.2) is 13.6 Å². The topological polar surface area (TPSA) is 101 Å². The van der Waals surface area contributed by atoms with Crippen LogP contribution in [-0.4, -0.2) is 34.0 Å². The summed E-state index contributed by atoms with van der Waals surface area (Å²) >= 11 is 0. The molecule has 2 rings (SSSR count). The summed E-state index contributed by atoms with van der Waals surface area (Å²) in [6, 6.07) is 6.40. The second kappa shape index (κ2) is 8.47. The highest BCUT2D eigenvalue weighted by molar-refractivity contribution is 7.89. The molecule has 124 valence electrons. The second-order valence-electron chi connectivity index (χ2n) is 5.27. The average molecular weight is 348 g/mol. The molecule has 1 aromatic carbocycles. The van der Waals surface area contributed by atoms with E-state index in [2.05, 4.69) is 10.6 Å². The van der Waals surface area contributed by atoms with Crippen molar-refractivity contribution in [1.29, 1.82) is 0 Å². The molecule has 1 heterocycles. The summed E-state index contributed by atoms with van der Waals surface area (Å²) in [5.41, 5.74) is 0.962. The number of halogens is 1. The van der Waals surface area contributed by atoms with Gasteiger partial charge in [-0.05, 0) is 43.5 Å². The first-order chi connectivity index (χ1) is 9.97. The van der Waals surface area contributed by atoms with Crippen molar-refractivity contribution in [1.82, 2.24) is 10.6 Å². The molecule has 1 aliphatic heterocycles. The lowest BCUT2D eigenvalue weighted by Gasteiger charge is -2.21. The molecule has 1 atom stereocenters. The second-order valence-corrected chi connectivity index (χ2v) is 6.83. The SMILES string of the molecule is Cl.NS(=O)(=O)c1ccc(CCNC(=O)C2CCCNC2)cc1. The third kappa shape index (κ3) is 5.57. The lowest BCUT2D eigenvalue weighted by atomic mass is 9.99. The maximum absolute atomic E-state index is 11.9. The highest BCUT2D eigenvalue weighted by atomic mass is 35.5. The van der Waals surface area contributed by atoms with Crippen LogP contribution >= 0.6 is 12.4 Å². The number of nitrogens with one attached hydrogen (secondary N) is 2. The van der Waals surface area contributed by atoms with E-state index in [4.69, 9.17) is 5.14 Å². The number of hydrogen-bond donors (Lipinski definition) is 3. The Bertz CT molecular complexity index is 584. The molecule has 1 unspecified atom stereocenters. The van der Waals surface area contributed by atoms with Crippen molar-refractivity contribution >= 4 is 28.3 Å². The summed E-state index contributed by atoms with van der Waals surface area (Å²) in [4.78, 5) is 12.0. The molecule has 8 heteroatoms. The zero-order chi connectivity index (χ0) is 15.3. The van der Waals surface area contributed by atoms with E-state index in [-0.39, 0.29) is 29.1 Å². The first-order valence-corrected chi connectivity index (χ1v) is 8.61. The molecule has 1 amide bonds. The van der Waals surface area contributed by atoms with Crippen LogP contribution in [0.1, 0.15) is 18.4 Å². The van der Waals surface area contributed by atoms with Crippen molar-refractivity contribution < 1.29 is 13.2 Å². The van der Waals surface area contributed by atoms with Crippen LogP contribution in [-0.2, 0) is 21.2 Å². The van der Waals surface area contributed by atoms with E-state index in [0.717, 1.165) is 31.5 Å². The minimum absolute atomic E-state index is 0. The number of rotatable bonds is 5. The zero-order valence-electron chi connectivity index (χ0n) is 12.2. The van der Waals surface area contributed by atoms with E-state index in [0.29, 0.717) is 13.0 Å². The highest BCUT2D eigenvalue weighted by Crippen LogP contribution is 2.11. The Hall–Kier alpha value is -1.15. The van der Waals surface area contributed by atoms with Crippen molar-refractivity contribution in [2.45, 2.75) is 24.2 Å². The Balaban J connectivity index is 0.00000242. The van der Waals surface area contributed by atoms with Gasteiger partial charge in [-0.3, -0.25) is 4.79 Å². The smallest absolute Gasteiger partial charge is 0.238 e. The number of carbonyl (C=O) groups excluding carboxylic acids is 1. The summed E-state index contributed by atoms with van der Waals surface area (Å²) < 4.78 is 22.3. The Morgan fingerprint density at radius 1 is 1.32 bits per heavy atom. The summed E-state index contributed by atoms with van der Waals surface area (Å²) in [7, 11) is -3.64. The van der Waals surface area contributed by atoms with E-state index >= 15 is 0 Å². The van der Waals surface area contributed by atoms with Crippen LogP contribution in [0.4, 0.5) is 0 Å². The number of sulfonamides is 1. The number of nitrogens with two attached hydrogens (primary N) is 1. The summed E-state index contributed by atoms with van der Waals surface area (Å²) in [6.07, 6.45) is 2.63. The molecule has 1 saturated heterocycles. The van der Waals surface area contributed by atoms with Crippen molar-refractivity contribution in [3.8, 4) is 0 Å². The molecule has 0 radical (unpaired) electrons. The molecule has 6 nitrogen and oxygen atoms in total. The van der Waals surface area contributed by atoms with Gasteiger partial charge in [-0.1, -0.05) is 12.1 Å². The van der Waals surface area contributed by atoms with Gasteiger partial charge in [-0.15, -0.1) is 12.4 Å². The zero-order valence-corrected chi connectivity index (χ0v) is 13.9. The fraction of sp³-hybridized carbons (Fsp3) is 0.500. The van der Waals surface area contributed by atoms with E-state index in [1.165, 1.54) is 12.1 Å². The van der Waals surface area contributed by atoms with E-state index in [9.17, 15) is 13.2 Å².